The average Bonchev–Trinajstić information content (AvgIpc) is 2.61. The van der Waals surface area contributed by atoms with Crippen molar-refractivity contribution in [2.45, 2.75) is 11.7 Å². The molecule has 0 aliphatic heterocycles. The molecule has 1 saturated carbocycles. The number of carbonyl (C=O) groups is 1. The normalized spacial score (nSPS) is 35.8. The Morgan fingerprint density at radius 3 is 2.36 bits per heavy atom. The van der Waals surface area contributed by atoms with Crippen LogP contribution < -0.4 is 0 Å². The summed E-state index contributed by atoms with van der Waals surface area (Å²) in [6.07, 6.45) is 1.63. The van der Waals surface area contributed by atoms with Crippen LogP contribution in [0.2, 0.25) is 0 Å². The molecule has 0 N–H and O–H groups in total. The van der Waals surface area contributed by atoms with Crippen molar-refractivity contribution in [3.63, 3.8) is 0 Å². The van der Waals surface area contributed by atoms with E-state index in [1.807, 2.05) is 0 Å². The van der Waals surface area contributed by atoms with E-state index >= 15 is 0 Å². The van der Waals surface area contributed by atoms with Crippen LogP contribution in [-0.4, -0.2) is 26.2 Å². The number of nitriles is 1. The third-order valence-corrected chi connectivity index (χ3v) is 3.49. The van der Waals surface area contributed by atoms with Gasteiger partial charge in [-0.05, 0) is 6.42 Å². The molecule has 1 aliphatic rings. The zero-order valence-electron chi connectivity index (χ0n) is 5.94. The monoisotopic (exact) mass is 173 g/mol. The van der Waals surface area contributed by atoms with Crippen molar-refractivity contribution in [3.05, 3.63) is 0 Å². The third kappa shape index (κ3) is 1.14. The summed E-state index contributed by atoms with van der Waals surface area (Å²) in [6.45, 7) is 0. The SMILES string of the molecule is CS(=O)(=O)[C@H]1C[C@@]1(C#N)C=O. The van der Waals surface area contributed by atoms with Crippen molar-refractivity contribution < 1.29 is 13.2 Å². The Kier molecular flexibility index (Phi) is 1.53. The Balaban J connectivity index is 2.92. The number of aldehydes is 1. The number of rotatable bonds is 2. The second-order valence-corrected chi connectivity index (χ2v) is 5.02. The van der Waals surface area contributed by atoms with Gasteiger partial charge in [0.2, 0.25) is 0 Å². The number of hydrogen-bond donors (Lipinski definition) is 0. The number of hydrogen-bond acceptors (Lipinski definition) is 4. The first-order chi connectivity index (χ1) is 4.96. The maximum atomic E-state index is 10.8. The molecule has 5 heteroatoms. The van der Waals surface area contributed by atoms with Crippen molar-refractivity contribution in [2.75, 3.05) is 6.26 Å². The molecule has 0 amide bonds. The second kappa shape index (κ2) is 2.05. The zero-order valence-corrected chi connectivity index (χ0v) is 6.76. The van der Waals surface area contributed by atoms with Gasteiger partial charge >= 0.3 is 0 Å². The van der Waals surface area contributed by atoms with Crippen LogP contribution in [0, 0.1) is 16.7 Å². The molecule has 1 fully saturated rings. The number of carbonyl (C=O) groups excluding carboxylic acids is 1. The molecule has 1 rings (SSSR count). The summed E-state index contributed by atoms with van der Waals surface area (Å²) in [6, 6.07) is 1.71. The van der Waals surface area contributed by atoms with Gasteiger partial charge in [-0.25, -0.2) is 8.42 Å². The Morgan fingerprint density at radius 1 is 1.73 bits per heavy atom. The Labute approximate surface area is 64.7 Å². The van der Waals surface area contributed by atoms with Crippen LogP contribution in [0.4, 0.5) is 0 Å². The van der Waals surface area contributed by atoms with Gasteiger partial charge in [0.25, 0.3) is 0 Å². The Hall–Kier alpha value is -0.890. The summed E-state index contributed by atoms with van der Waals surface area (Å²) >= 11 is 0. The van der Waals surface area contributed by atoms with E-state index in [2.05, 4.69) is 0 Å². The topological polar surface area (TPSA) is 75.0 Å². The fourth-order valence-electron chi connectivity index (χ4n) is 1.05. The number of nitrogens with zero attached hydrogens (tertiary/aromatic N) is 1. The minimum Gasteiger partial charge on any atom is -0.302 e. The Morgan fingerprint density at radius 2 is 2.27 bits per heavy atom. The molecule has 0 unspecified atom stereocenters. The van der Waals surface area contributed by atoms with Gasteiger partial charge < -0.3 is 4.79 Å². The molecule has 0 aromatic carbocycles. The Bertz CT molecular complexity index is 326. The molecule has 4 nitrogen and oxygen atoms in total. The van der Waals surface area contributed by atoms with Gasteiger partial charge in [-0.1, -0.05) is 0 Å². The van der Waals surface area contributed by atoms with E-state index in [9.17, 15) is 13.2 Å². The molecular formula is C6H7NO3S. The van der Waals surface area contributed by atoms with Crippen LogP contribution >= 0.6 is 0 Å². The molecule has 0 aromatic heterocycles. The lowest BCUT2D eigenvalue weighted by molar-refractivity contribution is -0.110. The summed E-state index contributed by atoms with van der Waals surface area (Å²) in [4.78, 5) is 10.3. The minimum atomic E-state index is -3.22. The number of sulfone groups is 1. The van der Waals surface area contributed by atoms with Crippen LogP contribution in [0.3, 0.4) is 0 Å². The highest BCUT2D eigenvalue weighted by Gasteiger charge is 2.61. The van der Waals surface area contributed by atoms with Crippen LogP contribution in [0.5, 0.6) is 0 Å². The lowest BCUT2D eigenvalue weighted by Gasteiger charge is -1.94. The van der Waals surface area contributed by atoms with E-state index in [0.717, 1.165) is 6.26 Å². The largest absolute Gasteiger partial charge is 0.302 e. The average molecular weight is 173 g/mol. The molecule has 1 aliphatic carbocycles. The van der Waals surface area contributed by atoms with Crippen molar-refractivity contribution in [1.82, 2.24) is 0 Å². The first kappa shape index (κ1) is 8.21. The van der Waals surface area contributed by atoms with Gasteiger partial charge in [0, 0.05) is 6.26 Å². The fraction of sp³-hybridized carbons (Fsp3) is 0.667. The standard InChI is InChI=1S/C6H7NO3S/c1-11(9,10)5-2-6(5,3-7)4-8/h4-5H,2H2,1H3/t5-,6+/m0/s1. The van der Waals surface area contributed by atoms with Gasteiger partial charge in [-0.15, -0.1) is 0 Å². The zero-order chi connectivity index (χ0) is 8.70. The maximum Gasteiger partial charge on any atom is 0.152 e. The van der Waals surface area contributed by atoms with Crippen molar-refractivity contribution in [3.8, 4) is 6.07 Å². The smallest absolute Gasteiger partial charge is 0.152 e. The van der Waals surface area contributed by atoms with E-state index in [-0.39, 0.29) is 6.42 Å². The third-order valence-electron chi connectivity index (χ3n) is 1.87. The van der Waals surface area contributed by atoms with E-state index in [4.69, 9.17) is 5.26 Å². The van der Waals surface area contributed by atoms with Gasteiger partial charge in [-0.3, -0.25) is 0 Å². The van der Waals surface area contributed by atoms with E-state index < -0.39 is 20.5 Å². The molecule has 2 atom stereocenters. The fourth-order valence-corrected chi connectivity index (χ4v) is 2.50. The van der Waals surface area contributed by atoms with Crippen LogP contribution in [-0.2, 0) is 14.6 Å². The molecule has 0 saturated heterocycles. The van der Waals surface area contributed by atoms with Crippen molar-refractivity contribution in [1.29, 1.82) is 5.26 Å². The maximum absolute atomic E-state index is 10.8. The van der Waals surface area contributed by atoms with Crippen LogP contribution in [0.15, 0.2) is 0 Å². The van der Waals surface area contributed by atoms with E-state index in [1.165, 1.54) is 0 Å². The molecule has 0 radical (unpaired) electrons. The van der Waals surface area contributed by atoms with Gasteiger partial charge in [-0.2, -0.15) is 5.26 Å². The van der Waals surface area contributed by atoms with Gasteiger partial charge in [0.1, 0.15) is 11.7 Å². The van der Waals surface area contributed by atoms with Crippen molar-refractivity contribution in [2.24, 2.45) is 5.41 Å². The highest BCUT2D eigenvalue weighted by Crippen LogP contribution is 2.47. The quantitative estimate of drug-likeness (QED) is 0.528. The van der Waals surface area contributed by atoms with Crippen LogP contribution in [0.25, 0.3) is 0 Å². The van der Waals surface area contributed by atoms with Crippen LogP contribution in [0.1, 0.15) is 6.42 Å². The van der Waals surface area contributed by atoms with E-state index in [1.54, 1.807) is 6.07 Å². The molecule has 0 aromatic rings. The first-order valence-corrected chi connectivity index (χ1v) is 4.98. The summed E-state index contributed by atoms with van der Waals surface area (Å²) in [5, 5.41) is 7.68. The van der Waals surface area contributed by atoms with Gasteiger partial charge in [0.15, 0.2) is 9.84 Å². The summed E-state index contributed by atoms with van der Waals surface area (Å²) < 4.78 is 21.6. The minimum absolute atomic E-state index is 0.159. The molecule has 0 bridgehead atoms. The second-order valence-electron chi connectivity index (χ2n) is 2.79. The molecule has 0 spiro atoms. The van der Waals surface area contributed by atoms with Crippen molar-refractivity contribution >= 4 is 16.1 Å². The first-order valence-electron chi connectivity index (χ1n) is 3.03. The van der Waals surface area contributed by atoms with Gasteiger partial charge in [0.05, 0.1) is 11.3 Å². The summed E-state index contributed by atoms with van der Waals surface area (Å²) in [7, 11) is -3.22. The lowest BCUT2D eigenvalue weighted by Crippen LogP contribution is -2.14. The molecule has 0 heterocycles. The highest BCUT2D eigenvalue weighted by atomic mass is 32.2. The highest BCUT2D eigenvalue weighted by molar-refractivity contribution is 7.91. The molecule has 60 valence electrons. The lowest BCUT2D eigenvalue weighted by atomic mass is 10.2. The predicted octanol–water partition coefficient (Wildman–Crippen LogP) is -0.488. The predicted molar refractivity (Wildman–Crippen MR) is 37.4 cm³/mol. The van der Waals surface area contributed by atoms with E-state index in [0.29, 0.717) is 6.29 Å². The molecular weight excluding hydrogens is 166 g/mol. The molecule has 11 heavy (non-hydrogen) atoms. The summed E-state index contributed by atoms with van der Waals surface area (Å²) in [5.74, 6) is 0. The summed E-state index contributed by atoms with van der Waals surface area (Å²) in [5.41, 5.74) is -1.23.